The zero-order valence-electron chi connectivity index (χ0n) is 11.1. The molecular weight excluding hydrogens is 248 g/mol. The van der Waals surface area contributed by atoms with E-state index in [2.05, 4.69) is 28.6 Å². The van der Waals surface area contributed by atoms with Crippen LogP contribution in [0.2, 0.25) is 5.02 Å². The van der Waals surface area contributed by atoms with Gasteiger partial charge in [-0.15, -0.1) is 0 Å². The van der Waals surface area contributed by atoms with E-state index < -0.39 is 0 Å². The first kappa shape index (κ1) is 13.6. The molecule has 2 heterocycles. The summed E-state index contributed by atoms with van der Waals surface area (Å²) in [7, 11) is 0. The Morgan fingerprint density at radius 3 is 2.44 bits per heavy atom. The highest BCUT2D eigenvalue weighted by atomic mass is 35.5. The third kappa shape index (κ3) is 3.83. The van der Waals surface area contributed by atoms with Crippen LogP contribution in [0.4, 0.5) is 5.82 Å². The summed E-state index contributed by atoms with van der Waals surface area (Å²) in [6.45, 7) is 9.13. The van der Waals surface area contributed by atoms with Crippen molar-refractivity contribution in [1.29, 1.82) is 0 Å². The number of pyridine rings is 1. The smallest absolute Gasteiger partial charge is 0.128 e. The first-order chi connectivity index (χ1) is 8.44. The average Bonchev–Trinajstić information content (AvgIpc) is 2.29. The van der Waals surface area contributed by atoms with Crippen molar-refractivity contribution < 1.29 is 0 Å². The first-order valence-electron chi connectivity index (χ1n) is 6.32. The minimum atomic E-state index is -0.124. The van der Waals surface area contributed by atoms with E-state index in [0.29, 0.717) is 5.02 Å². The molecule has 1 aromatic heterocycles. The van der Waals surface area contributed by atoms with Crippen LogP contribution in [0.1, 0.15) is 13.8 Å². The standard InChI is InChI=1S/C13H21ClN4/c1-13(2,15)10-17-5-7-18(8-6-17)12-4-3-11(14)9-16-12/h3-4,9H,5-8,10,15H2,1-2H3. The molecule has 1 saturated heterocycles. The average molecular weight is 269 g/mol. The number of halogens is 1. The van der Waals surface area contributed by atoms with Crippen LogP contribution in [-0.2, 0) is 0 Å². The maximum Gasteiger partial charge on any atom is 0.128 e. The van der Waals surface area contributed by atoms with Crippen molar-refractivity contribution in [2.75, 3.05) is 37.6 Å². The van der Waals surface area contributed by atoms with Crippen molar-refractivity contribution in [1.82, 2.24) is 9.88 Å². The van der Waals surface area contributed by atoms with Gasteiger partial charge in [0.25, 0.3) is 0 Å². The minimum absolute atomic E-state index is 0.124. The molecule has 1 aromatic rings. The number of aromatic nitrogens is 1. The van der Waals surface area contributed by atoms with Gasteiger partial charge in [-0.25, -0.2) is 4.98 Å². The maximum absolute atomic E-state index is 6.05. The summed E-state index contributed by atoms with van der Waals surface area (Å²) in [5, 5.41) is 0.683. The van der Waals surface area contributed by atoms with Crippen molar-refractivity contribution in [3.63, 3.8) is 0 Å². The Morgan fingerprint density at radius 1 is 1.28 bits per heavy atom. The number of nitrogens with zero attached hydrogens (tertiary/aromatic N) is 3. The minimum Gasteiger partial charge on any atom is -0.354 e. The monoisotopic (exact) mass is 268 g/mol. The zero-order valence-corrected chi connectivity index (χ0v) is 11.8. The highest BCUT2D eigenvalue weighted by Crippen LogP contribution is 2.16. The largest absolute Gasteiger partial charge is 0.354 e. The van der Waals surface area contributed by atoms with Gasteiger partial charge in [0.05, 0.1) is 5.02 Å². The van der Waals surface area contributed by atoms with Gasteiger partial charge in [-0.2, -0.15) is 0 Å². The summed E-state index contributed by atoms with van der Waals surface area (Å²) < 4.78 is 0. The molecule has 0 saturated carbocycles. The number of anilines is 1. The van der Waals surface area contributed by atoms with Crippen molar-refractivity contribution in [2.45, 2.75) is 19.4 Å². The molecule has 0 aromatic carbocycles. The van der Waals surface area contributed by atoms with Crippen LogP contribution in [-0.4, -0.2) is 48.1 Å². The lowest BCUT2D eigenvalue weighted by Crippen LogP contribution is -2.53. The Balaban J connectivity index is 1.88. The second-order valence-electron chi connectivity index (χ2n) is 5.59. The molecule has 2 rings (SSSR count). The van der Waals surface area contributed by atoms with Gasteiger partial charge in [0.15, 0.2) is 0 Å². The van der Waals surface area contributed by atoms with E-state index >= 15 is 0 Å². The molecule has 0 radical (unpaired) electrons. The van der Waals surface area contributed by atoms with E-state index in [1.54, 1.807) is 6.20 Å². The molecular formula is C13H21ClN4. The van der Waals surface area contributed by atoms with Crippen molar-refractivity contribution >= 4 is 17.4 Å². The highest BCUT2D eigenvalue weighted by Gasteiger charge is 2.22. The number of hydrogen-bond acceptors (Lipinski definition) is 4. The molecule has 0 amide bonds. The fourth-order valence-corrected chi connectivity index (χ4v) is 2.38. The highest BCUT2D eigenvalue weighted by molar-refractivity contribution is 6.30. The Kier molecular flexibility index (Phi) is 4.10. The van der Waals surface area contributed by atoms with E-state index in [4.69, 9.17) is 17.3 Å². The molecule has 18 heavy (non-hydrogen) atoms. The Hall–Kier alpha value is -0.840. The summed E-state index contributed by atoms with van der Waals surface area (Å²) in [5.41, 5.74) is 5.92. The van der Waals surface area contributed by atoms with E-state index in [1.807, 2.05) is 12.1 Å². The molecule has 0 atom stereocenters. The van der Waals surface area contributed by atoms with Gasteiger partial charge in [-0.3, -0.25) is 4.90 Å². The fourth-order valence-electron chi connectivity index (χ4n) is 2.27. The number of nitrogens with two attached hydrogens (primary N) is 1. The van der Waals surface area contributed by atoms with Crippen LogP contribution in [0, 0.1) is 0 Å². The van der Waals surface area contributed by atoms with Crippen LogP contribution >= 0.6 is 11.6 Å². The van der Waals surface area contributed by atoms with E-state index in [0.717, 1.165) is 38.5 Å². The number of hydrogen-bond donors (Lipinski definition) is 1. The van der Waals surface area contributed by atoms with Crippen LogP contribution < -0.4 is 10.6 Å². The first-order valence-corrected chi connectivity index (χ1v) is 6.70. The van der Waals surface area contributed by atoms with E-state index in [9.17, 15) is 0 Å². The molecule has 0 unspecified atom stereocenters. The van der Waals surface area contributed by atoms with Crippen molar-refractivity contribution in [2.24, 2.45) is 5.73 Å². The molecule has 100 valence electrons. The van der Waals surface area contributed by atoms with Crippen LogP contribution in [0.5, 0.6) is 0 Å². The summed E-state index contributed by atoms with van der Waals surface area (Å²) >= 11 is 5.84. The summed E-state index contributed by atoms with van der Waals surface area (Å²) in [4.78, 5) is 9.05. The lowest BCUT2D eigenvalue weighted by atomic mass is 10.1. The van der Waals surface area contributed by atoms with Gasteiger partial charge in [0, 0.05) is 44.5 Å². The van der Waals surface area contributed by atoms with Gasteiger partial charge >= 0.3 is 0 Å². The molecule has 5 heteroatoms. The molecule has 4 nitrogen and oxygen atoms in total. The van der Waals surface area contributed by atoms with Gasteiger partial charge < -0.3 is 10.6 Å². The number of rotatable bonds is 3. The SMILES string of the molecule is CC(C)(N)CN1CCN(c2ccc(Cl)cn2)CC1. The quantitative estimate of drug-likeness (QED) is 0.904. The molecule has 0 spiro atoms. The second kappa shape index (κ2) is 5.43. The maximum atomic E-state index is 6.05. The predicted molar refractivity (Wildman–Crippen MR) is 76.2 cm³/mol. The third-order valence-corrected chi connectivity index (χ3v) is 3.26. The molecule has 0 aliphatic carbocycles. The molecule has 1 fully saturated rings. The Labute approximate surface area is 114 Å². The molecule has 1 aliphatic heterocycles. The van der Waals surface area contributed by atoms with Crippen molar-refractivity contribution in [3.8, 4) is 0 Å². The Bertz CT molecular complexity index is 377. The molecule has 1 aliphatic rings. The molecule has 0 bridgehead atoms. The number of piperazine rings is 1. The van der Waals surface area contributed by atoms with Crippen LogP contribution in [0.15, 0.2) is 18.3 Å². The lowest BCUT2D eigenvalue weighted by Gasteiger charge is -2.38. The van der Waals surface area contributed by atoms with Gasteiger partial charge in [-0.05, 0) is 26.0 Å². The van der Waals surface area contributed by atoms with Crippen LogP contribution in [0.3, 0.4) is 0 Å². The summed E-state index contributed by atoms with van der Waals surface area (Å²) in [5.74, 6) is 1.01. The van der Waals surface area contributed by atoms with E-state index in [1.165, 1.54) is 0 Å². The summed E-state index contributed by atoms with van der Waals surface area (Å²) in [6, 6.07) is 3.87. The Morgan fingerprint density at radius 2 is 1.94 bits per heavy atom. The molecule has 2 N–H and O–H groups in total. The zero-order chi connectivity index (χ0) is 13.2. The lowest BCUT2D eigenvalue weighted by molar-refractivity contribution is 0.214. The van der Waals surface area contributed by atoms with Gasteiger partial charge in [0.2, 0.25) is 0 Å². The van der Waals surface area contributed by atoms with Gasteiger partial charge in [-0.1, -0.05) is 11.6 Å². The summed E-state index contributed by atoms with van der Waals surface area (Å²) in [6.07, 6.45) is 1.70. The normalized spacial score (nSPS) is 18.1. The van der Waals surface area contributed by atoms with Crippen LogP contribution in [0.25, 0.3) is 0 Å². The van der Waals surface area contributed by atoms with Gasteiger partial charge in [0.1, 0.15) is 5.82 Å². The van der Waals surface area contributed by atoms with E-state index in [-0.39, 0.29) is 5.54 Å². The third-order valence-electron chi connectivity index (χ3n) is 3.04. The topological polar surface area (TPSA) is 45.4 Å². The van der Waals surface area contributed by atoms with Crippen molar-refractivity contribution in [3.05, 3.63) is 23.4 Å². The second-order valence-corrected chi connectivity index (χ2v) is 6.02. The fraction of sp³-hybridized carbons (Fsp3) is 0.615. The predicted octanol–water partition coefficient (Wildman–Crippen LogP) is 1.59.